The van der Waals surface area contributed by atoms with Crippen LogP contribution in [-0.2, 0) is 0 Å². The molecule has 1 aromatic heterocycles. The molecule has 0 saturated carbocycles. The van der Waals surface area contributed by atoms with Crippen LogP contribution in [0.25, 0.3) is 22.2 Å². The number of fused-ring (bicyclic) bond motifs is 1. The lowest BCUT2D eigenvalue weighted by atomic mass is 10.1. The van der Waals surface area contributed by atoms with Crippen LogP contribution in [0, 0.1) is 0 Å². The van der Waals surface area contributed by atoms with E-state index in [0.717, 1.165) is 11.4 Å². The number of benzene rings is 2. The van der Waals surface area contributed by atoms with Crippen LogP contribution in [0.15, 0.2) is 48.8 Å². The largest absolute Gasteiger partial charge is 0.311 e. The molecule has 18 heavy (non-hydrogen) atoms. The second-order valence-electron chi connectivity index (χ2n) is 4.72. The Morgan fingerprint density at radius 1 is 1.00 bits per heavy atom. The molecule has 2 aromatic carbocycles. The second-order valence-corrected chi connectivity index (χ2v) is 4.72. The Bertz CT molecular complexity index is 683. The molecule has 0 bridgehead atoms. The highest BCUT2D eigenvalue weighted by Crippen LogP contribution is 2.24. The molecule has 0 saturated heterocycles. The van der Waals surface area contributed by atoms with Gasteiger partial charge in [0.05, 0.1) is 0 Å². The van der Waals surface area contributed by atoms with E-state index >= 15 is 0 Å². The summed E-state index contributed by atoms with van der Waals surface area (Å²) in [6, 6.07) is 15.1. The minimum Gasteiger partial charge on any atom is -0.311 e. The zero-order valence-electron chi connectivity index (χ0n) is 10.5. The zero-order valence-corrected chi connectivity index (χ0v) is 10.5. The van der Waals surface area contributed by atoms with Gasteiger partial charge in [0.25, 0.3) is 0 Å². The van der Waals surface area contributed by atoms with Crippen molar-refractivity contribution in [3.05, 3.63) is 48.8 Å². The van der Waals surface area contributed by atoms with Crippen molar-refractivity contribution in [2.24, 2.45) is 0 Å². The number of nitrogens with zero attached hydrogens (tertiary/aromatic N) is 3. The minimum atomic E-state index is 0.362. The molecule has 0 aliphatic carbocycles. The molecule has 3 heteroatoms. The maximum Gasteiger partial charge on any atom is 0.164 e. The molecule has 3 nitrogen and oxygen atoms in total. The van der Waals surface area contributed by atoms with Crippen LogP contribution < -0.4 is 0 Å². The van der Waals surface area contributed by atoms with Crippen molar-refractivity contribution in [2.75, 3.05) is 0 Å². The summed E-state index contributed by atoms with van der Waals surface area (Å²) < 4.78 is 2.09. The van der Waals surface area contributed by atoms with E-state index in [1.54, 1.807) is 6.33 Å². The van der Waals surface area contributed by atoms with Gasteiger partial charge < -0.3 is 4.57 Å². The van der Waals surface area contributed by atoms with E-state index in [9.17, 15) is 0 Å². The second kappa shape index (κ2) is 4.26. The van der Waals surface area contributed by atoms with Crippen molar-refractivity contribution in [1.29, 1.82) is 0 Å². The van der Waals surface area contributed by atoms with Crippen LogP contribution in [0.2, 0.25) is 0 Å². The minimum absolute atomic E-state index is 0.362. The summed E-state index contributed by atoms with van der Waals surface area (Å²) in [5.74, 6) is 0.927. The first-order chi connectivity index (χ1) is 8.75. The highest BCUT2D eigenvalue weighted by Gasteiger charge is 2.09. The quantitative estimate of drug-likeness (QED) is 0.680. The van der Waals surface area contributed by atoms with Gasteiger partial charge in [0.15, 0.2) is 5.82 Å². The fraction of sp³-hybridized carbons (Fsp3) is 0.200. The standard InChI is InChI=1S/C15H15N3/c1-11(2)18-10-16-17-15(18)14-8-7-12-5-3-4-6-13(12)9-14/h3-11H,1-2H3. The molecular weight excluding hydrogens is 222 g/mol. The molecule has 0 aliphatic heterocycles. The van der Waals surface area contributed by atoms with Gasteiger partial charge in [0.1, 0.15) is 6.33 Å². The molecule has 3 rings (SSSR count). The van der Waals surface area contributed by atoms with Gasteiger partial charge >= 0.3 is 0 Å². The fourth-order valence-electron chi connectivity index (χ4n) is 2.16. The number of hydrogen-bond donors (Lipinski definition) is 0. The average Bonchev–Trinajstić information content (AvgIpc) is 2.87. The van der Waals surface area contributed by atoms with Crippen molar-refractivity contribution in [1.82, 2.24) is 14.8 Å². The molecule has 1 heterocycles. The van der Waals surface area contributed by atoms with Crippen LogP contribution in [-0.4, -0.2) is 14.8 Å². The summed E-state index contributed by atoms with van der Waals surface area (Å²) in [6.07, 6.45) is 1.79. The van der Waals surface area contributed by atoms with Crippen molar-refractivity contribution in [3.8, 4) is 11.4 Å². The highest BCUT2D eigenvalue weighted by molar-refractivity contribution is 5.86. The van der Waals surface area contributed by atoms with E-state index in [2.05, 4.69) is 71.1 Å². The van der Waals surface area contributed by atoms with Gasteiger partial charge in [-0.3, -0.25) is 0 Å². The van der Waals surface area contributed by atoms with Crippen LogP contribution >= 0.6 is 0 Å². The van der Waals surface area contributed by atoms with Crippen LogP contribution in [0.4, 0.5) is 0 Å². The summed E-state index contributed by atoms with van der Waals surface area (Å²) >= 11 is 0. The summed E-state index contributed by atoms with van der Waals surface area (Å²) in [7, 11) is 0. The monoisotopic (exact) mass is 237 g/mol. The number of rotatable bonds is 2. The predicted molar refractivity (Wildman–Crippen MR) is 73.3 cm³/mol. The molecule has 0 N–H and O–H groups in total. The zero-order chi connectivity index (χ0) is 12.5. The average molecular weight is 237 g/mol. The first-order valence-corrected chi connectivity index (χ1v) is 6.14. The van der Waals surface area contributed by atoms with Crippen molar-refractivity contribution in [2.45, 2.75) is 19.9 Å². The van der Waals surface area contributed by atoms with Gasteiger partial charge in [-0.05, 0) is 30.7 Å². The molecule has 0 aliphatic rings. The third kappa shape index (κ3) is 1.78. The smallest absolute Gasteiger partial charge is 0.164 e. The summed E-state index contributed by atoms with van der Waals surface area (Å²) in [5, 5.41) is 10.7. The maximum absolute atomic E-state index is 4.23. The van der Waals surface area contributed by atoms with Gasteiger partial charge in [-0.15, -0.1) is 10.2 Å². The van der Waals surface area contributed by atoms with E-state index in [1.165, 1.54) is 10.8 Å². The third-order valence-corrected chi connectivity index (χ3v) is 3.14. The summed E-state index contributed by atoms with van der Waals surface area (Å²) in [5.41, 5.74) is 1.11. The Morgan fingerprint density at radius 2 is 1.78 bits per heavy atom. The van der Waals surface area contributed by atoms with Crippen molar-refractivity contribution in [3.63, 3.8) is 0 Å². The summed E-state index contributed by atoms with van der Waals surface area (Å²) in [6.45, 7) is 4.27. The lowest BCUT2D eigenvalue weighted by Crippen LogP contribution is -2.01. The van der Waals surface area contributed by atoms with E-state index in [0.29, 0.717) is 6.04 Å². The molecule has 3 aromatic rings. The van der Waals surface area contributed by atoms with Crippen LogP contribution in [0.1, 0.15) is 19.9 Å². The molecule has 0 atom stereocenters. The molecule has 0 unspecified atom stereocenters. The van der Waals surface area contributed by atoms with Gasteiger partial charge in [0, 0.05) is 11.6 Å². The Labute approximate surface area is 106 Å². The van der Waals surface area contributed by atoms with E-state index in [4.69, 9.17) is 0 Å². The summed E-state index contributed by atoms with van der Waals surface area (Å²) in [4.78, 5) is 0. The topological polar surface area (TPSA) is 30.7 Å². The molecule has 0 radical (unpaired) electrons. The van der Waals surface area contributed by atoms with Crippen molar-refractivity contribution >= 4 is 10.8 Å². The fourth-order valence-corrected chi connectivity index (χ4v) is 2.16. The molecular formula is C15H15N3. The van der Waals surface area contributed by atoms with Gasteiger partial charge in [-0.2, -0.15) is 0 Å². The SMILES string of the molecule is CC(C)n1cnnc1-c1ccc2ccccc2c1. The lowest BCUT2D eigenvalue weighted by molar-refractivity contribution is 0.604. The molecule has 0 fully saturated rings. The first kappa shape index (κ1) is 11.0. The van der Waals surface area contributed by atoms with E-state index < -0.39 is 0 Å². The van der Waals surface area contributed by atoms with Crippen molar-refractivity contribution < 1.29 is 0 Å². The van der Waals surface area contributed by atoms with Gasteiger partial charge in [0.2, 0.25) is 0 Å². The predicted octanol–water partition coefficient (Wildman–Crippen LogP) is 3.68. The molecule has 0 spiro atoms. The third-order valence-electron chi connectivity index (χ3n) is 3.14. The Morgan fingerprint density at radius 3 is 2.56 bits per heavy atom. The molecule has 90 valence electrons. The van der Waals surface area contributed by atoms with E-state index in [1.807, 2.05) is 0 Å². The van der Waals surface area contributed by atoms with E-state index in [-0.39, 0.29) is 0 Å². The highest BCUT2D eigenvalue weighted by atomic mass is 15.3. The Balaban J connectivity index is 2.16. The molecule has 0 amide bonds. The van der Waals surface area contributed by atoms with Crippen LogP contribution in [0.5, 0.6) is 0 Å². The van der Waals surface area contributed by atoms with Crippen LogP contribution in [0.3, 0.4) is 0 Å². The maximum atomic E-state index is 4.23. The Hall–Kier alpha value is -2.16. The normalized spacial score (nSPS) is 11.3. The number of hydrogen-bond acceptors (Lipinski definition) is 2. The lowest BCUT2D eigenvalue weighted by Gasteiger charge is -2.10. The van der Waals surface area contributed by atoms with Gasteiger partial charge in [-0.1, -0.05) is 36.4 Å². The first-order valence-electron chi connectivity index (χ1n) is 6.14. The van der Waals surface area contributed by atoms with Gasteiger partial charge in [-0.25, -0.2) is 0 Å². The number of aromatic nitrogens is 3. The Kier molecular flexibility index (Phi) is 2.59.